The van der Waals surface area contributed by atoms with Gasteiger partial charge >= 0.3 is 5.37 Å². The number of hydrogen-bond donors (Lipinski definition) is 0. The molecule has 1 aliphatic heterocycles. The molecule has 0 aliphatic carbocycles. The highest BCUT2D eigenvalue weighted by atomic mass is 35.5. The van der Waals surface area contributed by atoms with Crippen molar-refractivity contribution in [2.75, 3.05) is 6.54 Å². The quantitative estimate of drug-likeness (QED) is 0.424. The van der Waals surface area contributed by atoms with Crippen molar-refractivity contribution < 1.29 is 4.79 Å². The molecule has 0 aromatic carbocycles. The summed E-state index contributed by atoms with van der Waals surface area (Å²) in [5.41, 5.74) is 0. The number of halogens is 1. The first kappa shape index (κ1) is 9.85. The highest BCUT2D eigenvalue weighted by molar-refractivity contribution is 6.62. The fourth-order valence-electron chi connectivity index (χ4n) is 1.77. The standard InChI is InChI=1S/C9H16ClNO/c1-7-4-3-5-8(2)11(6-7)9(10)12/h7-8H,3-6H2,1-2H3/t7-,8-/m1/s1. The van der Waals surface area contributed by atoms with Crippen LogP contribution in [0.15, 0.2) is 0 Å². The van der Waals surface area contributed by atoms with Crippen LogP contribution in [-0.4, -0.2) is 22.9 Å². The van der Waals surface area contributed by atoms with Gasteiger partial charge in [-0.3, -0.25) is 4.79 Å². The maximum Gasteiger partial charge on any atom is 0.316 e. The maximum atomic E-state index is 11.0. The Morgan fingerprint density at radius 2 is 2.08 bits per heavy atom. The minimum absolute atomic E-state index is 0.295. The molecule has 0 bridgehead atoms. The third kappa shape index (κ3) is 2.37. The summed E-state index contributed by atoms with van der Waals surface area (Å²) in [6.45, 7) is 5.06. The molecule has 1 aliphatic rings. The molecular formula is C9H16ClNO. The molecule has 1 fully saturated rings. The third-order valence-corrected chi connectivity index (χ3v) is 2.80. The zero-order valence-corrected chi connectivity index (χ0v) is 8.47. The van der Waals surface area contributed by atoms with Gasteiger partial charge < -0.3 is 4.90 Å². The predicted octanol–water partition coefficient (Wildman–Crippen LogP) is 2.86. The van der Waals surface area contributed by atoms with Gasteiger partial charge in [-0.15, -0.1) is 0 Å². The lowest BCUT2D eigenvalue weighted by Crippen LogP contribution is -2.36. The summed E-state index contributed by atoms with van der Waals surface area (Å²) in [6, 6.07) is 0.319. The fraction of sp³-hybridized carbons (Fsp3) is 0.889. The average molecular weight is 190 g/mol. The molecule has 3 heteroatoms. The second kappa shape index (κ2) is 4.13. The van der Waals surface area contributed by atoms with Gasteiger partial charge in [0.15, 0.2) is 0 Å². The minimum Gasteiger partial charge on any atom is -0.326 e. The van der Waals surface area contributed by atoms with Gasteiger partial charge in [-0.25, -0.2) is 0 Å². The normalized spacial score (nSPS) is 31.4. The van der Waals surface area contributed by atoms with E-state index in [1.54, 1.807) is 4.90 Å². The van der Waals surface area contributed by atoms with E-state index < -0.39 is 0 Å². The summed E-state index contributed by atoms with van der Waals surface area (Å²) < 4.78 is 0. The molecule has 0 spiro atoms. The number of carbonyl (C=O) groups is 1. The van der Waals surface area contributed by atoms with Crippen LogP contribution in [0.25, 0.3) is 0 Å². The van der Waals surface area contributed by atoms with Crippen LogP contribution in [0.4, 0.5) is 4.79 Å². The van der Waals surface area contributed by atoms with Crippen molar-refractivity contribution in [1.82, 2.24) is 4.90 Å². The van der Waals surface area contributed by atoms with Crippen molar-refractivity contribution in [3.05, 3.63) is 0 Å². The van der Waals surface area contributed by atoms with E-state index in [1.165, 1.54) is 12.8 Å². The molecule has 12 heavy (non-hydrogen) atoms. The monoisotopic (exact) mass is 189 g/mol. The molecule has 0 unspecified atom stereocenters. The van der Waals surface area contributed by atoms with Crippen molar-refractivity contribution >= 4 is 17.0 Å². The van der Waals surface area contributed by atoms with Gasteiger partial charge in [-0.2, -0.15) is 0 Å². The largest absolute Gasteiger partial charge is 0.326 e. The molecule has 1 rings (SSSR count). The first-order chi connectivity index (χ1) is 5.61. The van der Waals surface area contributed by atoms with E-state index in [0.29, 0.717) is 12.0 Å². The zero-order valence-electron chi connectivity index (χ0n) is 7.72. The first-order valence-electron chi connectivity index (χ1n) is 4.57. The SMILES string of the molecule is C[C@@H]1CCC[C@@H](C)N(C(=O)Cl)C1. The molecule has 0 saturated carbocycles. The predicted molar refractivity (Wildman–Crippen MR) is 50.4 cm³/mol. The molecule has 0 aromatic rings. The van der Waals surface area contributed by atoms with Crippen molar-refractivity contribution in [2.24, 2.45) is 5.92 Å². The zero-order chi connectivity index (χ0) is 9.14. The highest BCUT2D eigenvalue weighted by Gasteiger charge is 2.23. The Labute approximate surface area is 78.9 Å². The molecule has 2 nitrogen and oxygen atoms in total. The summed E-state index contributed by atoms with van der Waals surface area (Å²) in [5.74, 6) is 0.595. The van der Waals surface area contributed by atoms with Crippen LogP contribution in [-0.2, 0) is 0 Å². The molecule has 1 heterocycles. The lowest BCUT2D eigenvalue weighted by Gasteiger charge is -2.25. The van der Waals surface area contributed by atoms with E-state index in [-0.39, 0.29) is 5.37 Å². The average Bonchev–Trinajstić information content (AvgIpc) is 2.13. The van der Waals surface area contributed by atoms with Gasteiger partial charge in [0.25, 0.3) is 0 Å². The van der Waals surface area contributed by atoms with Gasteiger partial charge in [-0.1, -0.05) is 13.3 Å². The Balaban J connectivity index is 2.60. The van der Waals surface area contributed by atoms with Crippen molar-refractivity contribution in [2.45, 2.75) is 39.2 Å². The van der Waals surface area contributed by atoms with Crippen molar-refractivity contribution in [3.63, 3.8) is 0 Å². The fourth-order valence-corrected chi connectivity index (χ4v) is 2.01. The molecule has 0 radical (unpaired) electrons. The third-order valence-electron chi connectivity index (χ3n) is 2.59. The molecule has 1 saturated heterocycles. The van der Waals surface area contributed by atoms with Gasteiger partial charge in [-0.05, 0) is 37.3 Å². The maximum absolute atomic E-state index is 11.0. The van der Waals surface area contributed by atoms with E-state index in [4.69, 9.17) is 11.6 Å². The molecule has 0 aromatic heterocycles. The Kier molecular flexibility index (Phi) is 3.39. The van der Waals surface area contributed by atoms with Crippen molar-refractivity contribution in [1.29, 1.82) is 0 Å². The second-order valence-electron chi connectivity index (χ2n) is 3.79. The topological polar surface area (TPSA) is 20.3 Å². The van der Waals surface area contributed by atoms with E-state index >= 15 is 0 Å². The summed E-state index contributed by atoms with van der Waals surface area (Å²) in [5, 5.41) is -0.295. The Bertz CT molecular complexity index is 172. The summed E-state index contributed by atoms with van der Waals surface area (Å²) >= 11 is 5.48. The van der Waals surface area contributed by atoms with Gasteiger partial charge in [0.05, 0.1) is 0 Å². The smallest absolute Gasteiger partial charge is 0.316 e. The number of carbonyl (C=O) groups excluding carboxylic acids is 1. The van der Waals surface area contributed by atoms with Crippen LogP contribution in [0.2, 0.25) is 0 Å². The van der Waals surface area contributed by atoms with E-state index in [1.807, 2.05) is 0 Å². The second-order valence-corrected chi connectivity index (χ2v) is 4.11. The van der Waals surface area contributed by atoms with Crippen LogP contribution < -0.4 is 0 Å². The molecule has 0 N–H and O–H groups in total. The number of hydrogen-bond acceptors (Lipinski definition) is 1. The highest BCUT2D eigenvalue weighted by Crippen LogP contribution is 2.21. The first-order valence-corrected chi connectivity index (χ1v) is 4.95. The Morgan fingerprint density at radius 1 is 1.42 bits per heavy atom. The van der Waals surface area contributed by atoms with Crippen LogP contribution in [0.3, 0.4) is 0 Å². The summed E-state index contributed by atoms with van der Waals surface area (Å²) in [6.07, 6.45) is 3.51. The summed E-state index contributed by atoms with van der Waals surface area (Å²) in [7, 11) is 0. The van der Waals surface area contributed by atoms with E-state index in [2.05, 4.69) is 13.8 Å². The molecule has 70 valence electrons. The van der Waals surface area contributed by atoms with Gasteiger partial charge in [0, 0.05) is 12.6 Å². The molecule has 1 amide bonds. The number of amides is 1. The van der Waals surface area contributed by atoms with Crippen LogP contribution in [0.5, 0.6) is 0 Å². The van der Waals surface area contributed by atoms with Crippen LogP contribution in [0.1, 0.15) is 33.1 Å². The Morgan fingerprint density at radius 3 is 2.67 bits per heavy atom. The number of rotatable bonds is 0. The number of likely N-dealkylation sites (tertiary alicyclic amines) is 1. The van der Waals surface area contributed by atoms with E-state index in [9.17, 15) is 4.79 Å². The van der Waals surface area contributed by atoms with Crippen molar-refractivity contribution in [3.8, 4) is 0 Å². The summed E-state index contributed by atoms with van der Waals surface area (Å²) in [4.78, 5) is 12.8. The van der Waals surface area contributed by atoms with Crippen LogP contribution >= 0.6 is 11.6 Å². The van der Waals surface area contributed by atoms with Gasteiger partial charge in [0.2, 0.25) is 0 Å². The molecular weight excluding hydrogens is 174 g/mol. The Hall–Kier alpha value is -0.240. The minimum atomic E-state index is -0.295. The lowest BCUT2D eigenvalue weighted by molar-refractivity contribution is 0.197. The van der Waals surface area contributed by atoms with Crippen LogP contribution in [0, 0.1) is 5.92 Å². The van der Waals surface area contributed by atoms with Gasteiger partial charge in [0.1, 0.15) is 0 Å². The van der Waals surface area contributed by atoms with E-state index in [0.717, 1.165) is 13.0 Å². The number of nitrogens with zero attached hydrogens (tertiary/aromatic N) is 1. The molecule has 2 atom stereocenters. The lowest BCUT2D eigenvalue weighted by atomic mass is 10.1.